The second-order valence-corrected chi connectivity index (χ2v) is 5.12. The molecule has 112 valence electrons. The number of benzene rings is 1. The molecule has 5 heteroatoms. The van der Waals surface area contributed by atoms with E-state index in [1.165, 1.54) is 4.68 Å². The van der Waals surface area contributed by atoms with Crippen molar-refractivity contribution in [2.24, 2.45) is 0 Å². The van der Waals surface area contributed by atoms with Crippen LogP contribution in [0.3, 0.4) is 0 Å². The molecule has 2 rings (SSSR count). The first kappa shape index (κ1) is 15.3. The zero-order valence-electron chi connectivity index (χ0n) is 12.7. The molecule has 2 aromatic rings. The lowest BCUT2D eigenvalue weighted by Crippen LogP contribution is -2.27. The fourth-order valence-electron chi connectivity index (χ4n) is 2.18. The number of hydrogen-bond acceptors (Lipinski definition) is 4. The van der Waals surface area contributed by atoms with E-state index in [1.54, 1.807) is 12.3 Å². The van der Waals surface area contributed by atoms with E-state index in [-0.39, 0.29) is 12.1 Å². The summed E-state index contributed by atoms with van der Waals surface area (Å²) in [5, 5.41) is 14.4. The molecule has 0 saturated carbocycles. The highest BCUT2D eigenvalue weighted by molar-refractivity contribution is 5.41. The van der Waals surface area contributed by atoms with Gasteiger partial charge in [0.05, 0.1) is 24.5 Å². The third-order valence-corrected chi connectivity index (χ3v) is 3.66. The van der Waals surface area contributed by atoms with Crippen molar-refractivity contribution in [1.82, 2.24) is 9.78 Å². The highest BCUT2D eigenvalue weighted by Crippen LogP contribution is 2.18. The van der Waals surface area contributed by atoms with Crippen molar-refractivity contribution in [3.8, 4) is 0 Å². The number of rotatable bonds is 5. The Balaban J connectivity index is 2.20. The van der Waals surface area contributed by atoms with Gasteiger partial charge >= 0.3 is 0 Å². The first-order valence-electron chi connectivity index (χ1n) is 7.04. The molecule has 1 N–H and O–H groups in total. The molecule has 0 aliphatic carbocycles. The van der Waals surface area contributed by atoms with E-state index < -0.39 is 6.10 Å². The fourth-order valence-corrected chi connectivity index (χ4v) is 2.18. The molecule has 0 aliphatic rings. The second kappa shape index (κ2) is 6.54. The first-order chi connectivity index (χ1) is 10.0. The average molecular weight is 287 g/mol. The molecule has 0 fully saturated rings. The summed E-state index contributed by atoms with van der Waals surface area (Å²) in [5.74, 6) is 0. The summed E-state index contributed by atoms with van der Waals surface area (Å²) in [6, 6.07) is 9.14. The van der Waals surface area contributed by atoms with Crippen LogP contribution in [0.4, 0.5) is 5.69 Å². The third kappa shape index (κ3) is 3.49. The molecular weight excluding hydrogens is 266 g/mol. The molecule has 1 aromatic carbocycles. The molecule has 0 bridgehead atoms. The van der Waals surface area contributed by atoms with Crippen molar-refractivity contribution in [3.05, 3.63) is 58.0 Å². The van der Waals surface area contributed by atoms with Crippen molar-refractivity contribution in [3.63, 3.8) is 0 Å². The molecule has 5 nitrogen and oxygen atoms in total. The molecule has 0 amide bonds. The van der Waals surface area contributed by atoms with Crippen LogP contribution >= 0.6 is 0 Å². The van der Waals surface area contributed by atoms with Gasteiger partial charge in [-0.05, 0) is 25.0 Å². The van der Waals surface area contributed by atoms with E-state index in [9.17, 15) is 9.90 Å². The average Bonchev–Trinajstić information content (AvgIpc) is 2.48. The van der Waals surface area contributed by atoms with E-state index in [2.05, 4.69) is 5.10 Å². The monoisotopic (exact) mass is 287 g/mol. The summed E-state index contributed by atoms with van der Waals surface area (Å²) in [6.45, 7) is 4.90. The Kier molecular flexibility index (Phi) is 4.75. The molecule has 1 atom stereocenters. The zero-order valence-corrected chi connectivity index (χ0v) is 12.7. The normalized spacial score (nSPS) is 12.2. The highest BCUT2D eigenvalue weighted by Gasteiger charge is 2.12. The zero-order chi connectivity index (χ0) is 15.4. The Morgan fingerprint density at radius 2 is 2.10 bits per heavy atom. The molecule has 21 heavy (non-hydrogen) atoms. The largest absolute Gasteiger partial charge is 0.386 e. The molecule has 0 saturated heterocycles. The molecule has 1 heterocycles. The number of hydrogen-bond donors (Lipinski definition) is 1. The van der Waals surface area contributed by atoms with Gasteiger partial charge in [0.1, 0.15) is 0 Å². The lowest BCUT2D eigenvalue weighted by Gasteiger charge is -2.18. The minimum atomic E-state index is -0.744. The Bertz CT molecular complexity index is 667. The fraction of sp³-hybridized carbons (Fsp3) is 0.375. The summed E-state index contributed by atoms with van der Waals surface area (Å²) in [5.41, 5.74) is 2.39. The van der Waals surface area contributed by atoms with Crippen molar-refractivity contribution in [2.75, 3.05) is 18.5 Å². The lowest BCUT2D eigenvalue weighted by molar-refractivity contribution is 0.148. The maximum atomic E-state index is 12.1. The number of anilines is 1. The quantitative estimate of drug-likeness (QED) is 0.910. The maximum absolute atomic E-state index is 12.1. The van der Waals surface area contributed by atoms with Gasteiger partial charge in [-0.2, -0.15) is 5.10 Å². The highest BCUT2D eigenvalue weighted by atomic mass is 16.3. The second-order valence-electron chi connectivity index (χ2n) is 5.12. The van der Waals surface area contributed by atoms with Crippen LogP contribution in [0.2, 0.25) is 0 Å². The van der Waals surface area contributed by atoms with Crippen LogP contribution in [0.1, 0.15) is 24.2 Å². The van der Waals surface area contributed by atoms with Gasteiger partial charge in [-0.15, -0.1) is 0 Å². The number of aliphatic hydroxyl groups is 1. The van der Waals surface area contributed by atoms with Gasteiger partial charge in [-0.1, -0.05) is 24.3 Å². The van der Waals surface area contributed by atoms with E-state index in [4.69, 9.17) is 0 Å². The molecule has 0 radical (unpaired) electrons. The van der Waals surface area contributed by atoms with E-state index in [1.807, 2.05) is 50.1 Å². The van der Waals surface area contributed by atoms with Crippen molar-refractivity contribution < 1.29 is 5.11 Å². The summed E-state index contributed by atoms with van der Waals surface area (Å²) in [7, 11) is 1.91. The predicted octanol–water partition coefficient (Wildman–Crippen LogP) is 1.74. The summed E-state index contributed by atoms with van der Waals surface area (Å²) < 4.78 is 1.30. The Hall–Kier alpha value is -2.14. The minimum Gasteiger partial charge on any atom is -0.386 e. The molecule has 0 spiro atoms. The topological polar surface area (TPSA) is 58.4 Å². The van der Waals surface area contributed by atoms with Gasteiger partial charge < -0.3 is 10.0 Å². The van der Waals surface area contributed by atoms with Crippen LogP contribution in [0, 0.1) is 6.92 Å². The van der Waals surface area contributed by atoms with Crippen LogP contribution in [0.5, 0.6) is 0 Å². The molecule has 0 aliphatic heterocycles. The summed E-state index contributed by atoms with van der Waals surface area (Å²) in [6.07, 6.45) is 0.904. The van der Waals surface area contributed by atoms with Crippen LogP contribution in [0.25, 0.3) is 0 Å². The number of aryl methyl sites for hydroxylation is 1. The van der Waals surface area contributed by atoms with Crippen LogP contribution in [-0.2, 0) is 6.54 Å². The Morgan fingerprint density at radius 3 is 2.71 bits per heavy atom. The van der Waals surface area contributed by atoms with Crippen LogP contribution in [-0.4, -0.2) is 28.5 Å². The first-order valence-corrected chi connectivity index (χ1v) is 7.04. The molecule has 1 unspecified atom stereocenters. The maximum Gasteiger partial charge on any atom is 0.268 e. The van der Waals surface area contributed by atoms with Crippen LogP contribution < -0.4 is 10.5 Å². The van der Waals surface area contributed by atoms with Crippen LogP contribution in [0.15, 0.2) is 41.3 Å². The summed E-state index contributed by atoms with van der Waals surface area (Å²) >= 11 is 0. The van der Waals surface area contributed by atoms with Gasteiger partial charge in [0.25, 0.3) is 5.56 Å². The van der Waals surface area contributed by atoms with Crippen molar-refractivity contribution >= 4 is 5.69 Å². The van der Waals surface area contributed by atoms with E-state index in [0.717, 1.165) is 23.4 Å². The number of aliphatic hydroxyl groups excluding tert-OH is 1. The number of nitrogens with zero attached hydrogens (tertiary/aromatic N) is 3. The third-order valence-electron chi connectivity index (χ3n) is 3.66. The smallest absolute Gasteiger partial charge is 0.268 e. The van der Waals surface area contributed by atoms with Crippen molar-refractivity contribution in [1.29, 1.82) is 0 Å². The standard InChI is InChI=1S/C16H21N3O2/c1-4-18(3)13-9-16(21)19(17-10-13)11-15(20)14-8-6-5-7-12(14)2/h5-10,15,20H,4,11H2,1-3H3. The lowest BCUT2D eigenvalue weighted by atomic mass is 10.0. The molecule has 1 aromatic heterocycles. The number of aromatic nitrogens is 2. The Labute approximate surface area is 124 Å². The minimum absolute atomic E-state index is 0.153. The SMILES string of the molecule is CCN(C)c1cnn(CC(O)c2ccccc2C)c(=O)c1. The molecular formula is C16H21N3O2. The van der Waals surface area contributed by atoms with Gasteiger partial charge in [0.2, 0.25) is 0 Å². The van der Waals surface area contributed by atoms with Gasteiger partial charge in [-0.3, -0.25) is 4.79 Å². The predicted molar refractivity (Wildman–Crippen MR) is 83.6 cm³/mol. The van der Waals surface area contributed by atoms with Crippen molar-refractivity contribution in [2.45, 2.75) is 26.5 Å². The van der Waals surface area contributed by atoms with Gasteiger partial charge in [-0.25, -0.2) is 4.68 Å². The van der Waals surface area contributed by atoms with E-state index in [0.29, 0.717) is 0 Å². The van der Waals surface area contributed by atoms with Gasteiger partial charge in [0.15, 0.2) is 0 Å². The van der Waals surface area contributed by atoms with Gasteiger partial charge in [0, 0.05) is 19.7 Å². The Morgan fingerprint density at radius 1 is 1.38 bits per heavy atom. The van der Waals surface area contributed by atoms with E-state index >= 15 is 0 Å². The summed E-state index contributed by atoms with van der Waals surface area (Å²) in [4.78, 5) is 14.0.